The van der Waals surface area contributed by atoms with Crippen LogP contribution < -0.4 is 5.73 Å². The Morgan fingerprint density at radius 3 is 2.79 bits per heavy atom. The Kier molecular flexibility index (Phi) is 5.01. The van der Waals surface area contributed by atoms with Crippen molar-refractivity contribution in [3.05, 3.63) is 70.3 Å². The van der Waals surface area contributed by atoms with E-state index in [1.54, 1.807) is 31.4 Å². The Bertz CT molecular complexity index is 1550. The number of nitrogens with two attached hydrogens (primary N) is 1. The Labute approximate surface area is 192 Å². The molecular weight excluding hydrogens is 443 g/mol. The molecule has 0 radical (unpaired) electrons. The molecule has 2 aromatic heterocycles. The van der Waals surface area contributed by atoms with Crippen LogP contribution in [-0.4, -0.2) is 39.3 Å². The molecule has 1 aliphatic heterocycles. The second-order valence-corrected chi connectivity index (χ2v) is 8.06. The van der Waals surface area contributed by atoms with Gasteiger partial charge in [0.2, 0.25) is 0 Å². The predicted octanol–water partition coefficient (Wildman–Crippen LogP) is 3.91. The number of pyridine rings is 1. The number of hydrogen-bond acceptors (Lipinski definition) is 6. The first kappa shape index (κ1) is 20.9. The fourth-order valence-electron chi connectivity index (χ4n) is 4.21. The first-order chi connectivity index (χ1) is 15.9. The zero-order chi connectivity index (χ0) is 23.3. The molecule has 0 amide bonds. The minimum absolute atomic E-state index is 0.0709. The maximum absolute atomic E-state index is 15.4. The molecule has 9 heteroatoms. The third-order valence-electron chi connectivity index (χ3n) is 5.74. The van der Waals surface area contributed by atoms with Crippen LogP contribution in [-0.2, 0) is 7.05 Å². The van der Waals surface area contributed by atoms with Gasteiger partial charge in [0, 0.05) is 47.9 Å². The highest BCUT2D eigenvalue weighted by Crippen LogP contribution is 2.39. The van der Waals surface area contributed by atoms with Crippen LogP contribution in [0.1, 0.15) is 21.5 Å². The zero-order valence-corrected chi connectivity index (χ0v) is 18.2. The maximum Gasteiger partial charge on any atom is 0.184 e. The number of benzene rings is 2. The van der Waals surface area contributed by atoms with Crippen molar-refractivity contribution in [1.82, 2.24) is 14.8 Å². The van der Waals surface area contributed by atoms with E-state index in [1.807, 2.05) is 6.07 Å². The van der Waals surface area contributed by atoms with Gasteiger partial charge >= 0.3 is 0 Å². The van der Waals surface area contributed by atoms with Crippen LogP contribution in [0.25, 0.3) is 33.3 Å². The monoisotopic (exact) mass is 458 g/mol. The third kappa shape index (κ3) is 3.30. The number of aromatic nitrogens is 3. The normalized spacial score (nSPS) is 13.1. The molecule has 0 fully saturated rings. The number of rotatable bonds is 3. The zero-order valence-electron chi connectivity index (χ0n) is 17.4. The van der Waals surface area contributed by atoms with Crippen LogP contribution in [0, 0.1) is 17.1 Å². The Morgan fingerprint density at radius 1 is 1.21 bits per heavy atom. The van der Waals surface area contributed by atoms with Crippen LogP contribution >= 0.6 is 11.6 Å². The first-order valence-corrected chi connectivity index (χ1v) is 10.4. The number of Topliss-reactive ketones (excluding diaryl/α,β-unsaturated/α-hetero) is 1. The highest BCUT2D eigenvalue weighted by atomic mass is 35.5. The molecule has 162 valence electrons. The molecule has 0 atom stereocenters. The van der Waals surface area contributed by atoms with E-state index in [-0.39, 0.29) is 30.0 Å². The predicted molar refractivity (Wildman–Crippen MR) is 124 cm³/mol. The number of hydrogen-bond donors (Lipinski definition) is 1. The quantitative estimate of drug-likeness (QED) is 0.500. The summed E-state index contributed by atoms with van der Waals surface area (Å²) in [7, 11) is 1.68. The molecule has 0 unspecified atom stereocenters. The molecule has 0 spiro atoms. The summed E-state index contributed by atoms with van der Waals surface area (Å²) in [6, 6.07) is 10.3. The summed E-state index contributed by atoms with van der Waals surface area (Å²) in [4.78, 5) is 20.7. The lowest BCUT2D eigenvalue weighted by Crippen LogP contribution is -2.24. The minimum atomic E-state index is -0.601. The number of carbonyl (C=O) groups is 1. The van der Waals surface area contributed by atoms with Gasteiger partial charge in [-0.05, 0) is 17.7 Å². The fourth-order valence-corrected chi connectivity index (χ4v) is 4.37. The van der Waals surface area contributed by atoms with Crippen molar-refractivity contribution in [2.75, 3.05) is 13.1 Å². The van der Waals surface area contributed by atoms with Gasteiger partial charge in [-0.3, -0.25) is 19.5 Å². The molecule has 7 nitrogen and oxygen atoms in total. The third-order valence-corrected chi connectivity index (χ3v) is 5.95. The summed E-state index contributed by atoms with van der Waals surface area (Å²) < 4.78 is 16.9. The molecule has 0 saturated heterocycles. The molecule has 0 bridgehead atoms. The lowest BCUT2D eigenvalue weighted by molar-refractivity contribution is 0.1000. The molecule has 2 N–H and O–H groups in total. The van der Waals surface area contributed by atoms with E-state index < -0.39 is 5.82 Å². The second-order valence-electron chi connectivity index (χ2n) is 7.62. The van der Waals surface area contributed by atoms with Crippen molar-refractivity contribution in [2.45, 2.75) is 0 Å². The second kappa shape index (κ2) is 7.89. The summed E-state index contributed by atoms with van der Waals surface area (Å²) in [6.07, 6.45) is 3.01. The van der Waals surface area contributed by atoms with Crippen molar-refractivity contribution in [2.24, 2.45) is 17.8 Å². The van der Waals surface area contributed by atoms with Gasteiger partial charge in [0.05, 0.1) is 39.3 Å². The molecule has 2 aromatic carbocycles. The number of aryl methyl sites for hydroxylation is 1. The number of fused-ring (bicyclic) bond motifs is 2. The van der Waals surface area contributed by atoms with Gasteiger partial charge in [-0.1, -0.05) is 23.7 Å². The number of nitrogens with zero attached hydrogens (tertiary/aromatic N) is 5. The van der Waals surface area contributed by atoms with Gasteiger partial charge in [0.1, 0.15) is 18.4 Å². The number of ketones is 1. The Hall–Kier alpha value is -3.93. The van der Waals surface area contributed by atoms with Gasteiger partial charge < -0.3 is 5.73 Å². The molecule has 33 heavy (non-hydrogen) atoms. The van der Waals surface area contributed by atoms with E-state index >= 15 is 4.39 Å². The lowest BCUT2D eigenvalue weighted by Gasteiger charge is -2.17. The van der Waals surface area contributed by atoms with Crippen LogP contribution in [0.5, 0.6) is 0 Å². The van der Waals surface area contributed by atoms with Crippen molar-refractivity contribution in [3.63, 3.8) is 0 Å². The average Bonchev–Trinajstić information content (AvgIpc) is 3.19. The van der Waals surface area contributed by atoms with Crippen LogP contribution in [0.2, 0.25) is 5.02 Å². The van der Waals surface area contributed by atoms with E-state index in [1.165, 1.54) is 16.9 Å². The van der Waals surface area contributed by atoms with Crippen molar-refractivity contribution >= 4 is 34.0 Å². The smallest absolute Gasteiger partial charge is 0.184 e. The topological polar surface area (TPSA) is 110 Å². The molecule has 4 aromatic rings. The van der Waals surface area contributed by atoms with Gasteiger partial charge in [-0.25, -0.2) is 4.39 Å². The van der Waals surface area contributed by atoms with Crippen molar-refractivity contribution in [3.8, 4) is 28.5 Å². The van der Waals surface area contributed by atoms with E-state index in [4.69, 9.17) is 17.3 Å². The standard InChI is InChI=1S/C24H16ClFN6O/c1-32-24(23-17(7-27)16-5-13(25)9-29-20(16)6-19(23)26)18(10-31-32)12-2-3-14-15(4-12)21(8-28)30-11-22(14)33/h2-6,9-10H,8,11,28H2,1H3. The first-order valence-electron chi connectivity index (χ1n) is 10.0. The van der Waals surface area contributed by atoms with Crippen molar-refractivity contribution < 1.29 is 9.18 Å². The summed E-state index contributed by atoms with van der Waals surface area (Å²) in [5, 5.41) is 15.1. The Balaban J connectivity index is 1.78. The molecular formula is C24H16ClFN6O. The van der Waals surface area contributed by atoms with E-state index in [0.29, 0.717) is 49.6 Å². The number of nitriles is 1. The summed E-state index contributed by atoms with van der Waals surface area (Å²) in [5.74, 6) is -0.687. The summed E-state index contributed by atoms with van der Waals surface area (Å²) in [5.41, 5.74) is 9.92. The van der Waals surface area contributed by atoms with Crippen molar-refractivity contribution in [1.29, 1.82) is 5.26 Å². The highest BCUT2D eigenvalue weighted by molar-refractivity contribution is 6.31. The minimum Gasteiger partial charge on any atom is -0.325 e. The Morgan fingerprint density at radius 2 is 2.03 bits per heavy atom. The van der Waals surface area contributed by atoms with Crippen LogP contribution in [0.3, 0.4) is 0 Å². The number of carbonyl (C=O) groups excluding carboxylic acids is 1. The van der Waals surface area contributed by atoms with E-state index in [9.17, 15) is 10.1 Å². The lowest BCUT2D eigenvalue weighted by atomic mass is 9.90. The summed E-state index contributed by atoms with van der Waals surface area (Å²) in [6.45, 7) is 0.261. The summed E-state index contributed by atoms with van der Waals surface area (Å²) >= 11 is 6.10. The highest BCUT2D eigenvalue weighted by Gasteiger charge is 2.25. The van der Waals surface area contributed by atoms with Crippen LogP contribution in [0.4, 0.5) is 4.39 Å². The SMILES string of the molecule is Cn1ncc(-c2ccc3c(c2)C(CN)=NCC3=O)c1-c1c(F)cc2ncc(Cl)cc2c1C#N. The van der Waals surface area contributed by atoms with E-state index in [2.05, 4.69) is 21.1 Å². The van der Waals surface area contributed by atoms with Gasteiger partial charge in [-0.2, -0.15) is 10.4 Å². The number of aliphatic imine (C=N–C) groups is 1. The molecule has 1 aliphatic rings. The molecule has 5 rings (SSSR count). The molecule has 0 saturated carbocycles. The molecule has 0 aliphatic carbocycles. The van der Waals surface area contributed by atoms with Gasteiger partial charge in [-0.15, -0.1) is 0 Å². The number of halogens is 2. The van der Waals surface area contributed by atoms with E-state index in [0.717, 1.165) is 0 Å². The largest absolute Gasteiger partial charge is 0.325 e. The van der Waals surface area contributed by atoms with Gasteiger partial charge in [0.15, 0.2) is 5.78 Å². The maximum atomic E-state index is 15.4. The average molecular weight is 459 g/mol. The van der Waals surface area contributed by atoms with Crippen LogP contribution in [0.15, 0.2) is 47.7 Å². The fraction of sp³-hybridized carbons (Fsp3) is 0.125. The van der Waals surface area contributed by atoms with Gasteiger partial charge in [0.25, 0.3) is 0 Å². The molecule has 3 heterocycles.